The predicted molar refractivity (Wildman–Crippen MR) is 219 cm³/mol. The first-order valence-corrected chi connectivity index (χ1v) is 18.3. The van der Waals surface area contributed by atoms with Crippen molar-refractivity contribution in [2.75, 3.05) is 4.90 Å². The third-order valence-corrected chi connectivity index (χ3v) is 11.4. The fraction of sp³-hybridized carbons (Fsp3) is 0. The van der Waals surface area contributed by atoms with Crippen molar-refractivity contribution < 1.29 is 8.83 Å². The summed E-state index contributed by atoms with van der Waals surface area (Å²) in [5.41, 5.74) is 11.4. The first-order valence-electron chi connectivity index (χ1n) is 17.5. The van der Waals surface area contributed by atoms with Crippen molar-refractivity contribution in [2.24, 2.45) is 0 Å². The average molecular weight is 684 g/mol. The van der Waals surface area contributed by atoms with E-state index in [0.717, 1.165) is 72.1 Å². The molecule has 0 aliphatic carbocycles. The van der Waals surface area contributed by atoms with Crippen LogP contribution in [0.4, 0.5) is 17.1 Å². The summed E-state index contributed by atoms with van der Waals surface area (Å²) < 4.78 is 15.2. The number of hydrogen-bond donors (Lipinski definition) is 0. The van der Waals surface area contributed by atoms with Crippen molar-refractivity contribution in [2.45, 2.75) is 0 Å². The van der Waals surface area contributed by atoms with E-state index in [4.69, 9.17) is 8.83 Å². The standard InChI is InChI=1S/C48H29NO2S/c1-4-15-42-37(11-1)39-25-24-35(29-45(39)51-42)49(33-22-19-30(20-23-33)36-14-8-18-47-48(36)40-13-3-6-17-46(40)52-47)34-10-7-9-31(27-34)32-21-26-44-41(28-32)38-12-2-5-16-43(38)50-44/h1-29H. The highest BCUT2D eigenvalue weighted by molar-refractivity contribution is 7.25. The molecule has 0 fully saturated rings. The minimum absolute atomic E-state index is 0.866. The molecule has 0 atom stereocenters. The van der Waals surface area contributed by atoms with Gasteiger partial charge >= 0.3 is 0 Å². The zero-order valence-electron chi connectivity index (χ0n) is 27.9. The van der Waals surface area contributed by atoms with Crippen molar-refractivity contribution in [3.05, 3.63) is 176 Å². The third kappa shape index (κ3) is 4.58. The van der Waals surface area contributed by atoms with E-state index in [0.29, 0.717) is 0 Å². The van der Waals surface area contributed by atoms with Crippen LogP contribution in [-0.4, -0.2) is 0 Å². The largest absolute Gasteiger partial charge is 0.456 e. The monoisotopic (exact) mass is 683 g/mol. The number of nitrogens with zero attached hydrogens (tertiary/aromatic N) is 1. The lowest BCUT2D eigenvalue weighted by molar-refractivity contribution is 0.668. The van der Waals surface area contributed by atoms with Crippen molar-refractivity contribution in [1.82, 2.24) is 0 Å². The fourth-order valence-corrected chi connectivity index (χ4v) is 8.97. The lowest BCUT2D eigenvalue weighted by atomic mass is 9.99. The lowest BCUT2D eigenvalue weighted by Crippen LogP contribution is -2.10. The molecule has 0 amide bonds. The molecular formula is C48H29NO2S. The van der Waals surface area contributed by atoms with Gasteiger partial charge < -0.3 is 13.7 Å². The molecule has 3 aromatic heterocycles. The Balaban J connectivity index is 1.06. The Labute approximate surface area is 303 Å². The van der Waals surface area contributed by atoms with Gasteiger partial charge in [0.1, 0.15) is 22.3 Å². The van der Waals surface area contributed by atoms with Crippen LogP contribution in [0.25, 0.3) is 86.3 Å². The van der Waals surface area contributed by atoms with E-state index >= 15 is 0 Å². The molecule has 0 saturated heterocycles. The molecule has 0 aliphatic heterocycles. The van der Waals surface area contributed by atoms with E-state index in [1.807, 2.05) is 35.6 Å². The van der Waals surface area contributed by atoms with Crippen LogP contribution < -0.4 is 4.90 Å². The fourth-order valence-electron chi connectivity index (χ4n) is 7.84. The summed E-state index contributed by atoms with van der Waals surface area (Å²) in [5, 5.41) is 7.11. The molecule has 3 nitrogen and oxygen atoms in total. The first kappa shape index (κ1) is 29.1. The topological polar surface area (TPSA) is 29.5 Å². The Morgan fingerprint density at radius 3 is 1.79 bits per heavy atom. The number of para-hydroxylation sites is 2. The number of thiophene rings is 1. The van der Waals surface area contributed by atoms with Gasteiger partial charge in [-0.3, -0.25) is 0 Å². The van der Waals surface area contributed by atoms with Gasteiger partial charge in [-0.25, -0.2) is 0 Å². The van der Waals surface area contributed by atoms with Gasteiger partial charge in [0.15, 0.2) is 0 Å². The molecule has 4 heteroatoms. The molecule has 8 aromatic carbocycles. The molecule has 52 heavy (non-hydrogen) atoms. The summed E-state index contributed by atoms with van der Waals surface area (Å²) in [6.07, 6.45) is 0. The molecule has 0 radical (unpaired) electrons. The van der Waals surface area contributed by atoms with E-state index in [-0.39, 0.29) is 0 Å². The number of fused-ring (bicyclic) bond motifs is 9. The number of hydrogen-bond acceptors (Lipinski definition) is 4. The highest BCUT2D eigenvalue weighted by Crippen LogP contribution is 2.43. The van der Waals surface area contributed by atoms with E-state index in [9.17, 15) is 0 Å². The van der Waals surface area contributed by atoms with Gasteiger partial charge in [-0.1, -0.05) is 97.1 Å². The van der Waals surface area contributed by atoms with Crippen LogP contribution in [0, 0.1) is 0 Å². The van der Waals surface area contributed by atoms with Gasteiger partial charge in [0.2, 0.25) is 0 Å². The highest BCUT2D eigenvalue weighted by atomic mass is 32.1. The molecule has 11 rings (SSSR count). The molecule has 0 aliphatic rings. The van der Waals surface area contributed by atoms with Gasteiger partial charge in [-0.2, -0.15) is 0 Å². The number of benzene rings is 8. The number of anilines is 3. The van der Waals surface area contributed by atoms with Crippen LogP contribution in [0.2, 0.25) is 0 Å². The molecule has 0 N–H and O–H groups in total. The summed E-state index contributed by atoms with van der Waals surface area (Å²) in [6.45, 7) is 0. The Morgan fingerprint density at radius 1 is 0.346 bits per heavy atom. The summed E-state index contributed by atoms with van der Waals surface area (Å²) in [4.78, 5) is 2.33. The number of furan rings is 2. The summed E-state index contributed by atoms with van der Waals surface area (Å²) in [5.74, 6) is 0. The molecule has 3 heterocycles. The second-order valence-corrected chi connectivity index (χ2v) is 14.4. The summed E-state index contributed by atoms with van der Waals surface area (Å²) in [7, 11) is 0. The zero-order valence-corrected chi connectivity index (χ0v) is 28.7. The number of rotatable bonds is 5. The van der Waals surface area contributed by atoms with Crippen LogP contribution in [-0.2, 0) is 0 Å². The molecule has 0 unspecified atom stereocenters. The van der Waals surface area contributed by atoms with Crippen LogP contribution in [0.15, 0.2) is 185 Å². The van der Waals surface area contributed by atoms with Crippen LogP contribution in [0.5, 0.6) is 0 Å². The van der Waals surface area contributed by atoms with E-state index in [2.05, 4.69) is 157 Å². The Hall–Kier alpha value is -6.62. The van der Waals surface area contributed by atoms with Crippen LogP contribution >= 0.6 is 11.3 Å². The predicted octanol–water partition coefficient (Wildman–Crippen LogP) is 14.7. The van der Waals surface area contributed by atoms with Gasteiger partial charge in [0, 0.05) is 64.8 Å². The summed E-state index contributed by atoms with van der Waals surface area (Å²) >= 11 is 1.85. The zero-order chi connectivity index (χ0) is 34.2. The Kier molecular flexibility index (Phi) is 6.42. The highest BCUT2D eigenvalue weighted by Gasteiger charge is 2.18. The van der Waals surface area contributed by atoms with E-state index < -0.39 is 0 Å². The first-order chi connectivity index (χ1) is 25.7. The Morgan fingerprint density at radius 2 is 0.942 bits per heavy atom. The quantitative estimate of drug-likeness (QED) is 0.181. The minimum Gasteiger partial charge on any atom is -0.456 e. The second kappa shape index (κ2) is 11.5. The lowest BCUT2D eigenvalue weighted by Gasteiger charge is -2.26. The minimum atomic E-state index is 0.866. The van der Waals surface area contributed by atoms with Gasteiger partial charge in [-0.05, 0) is 95.1 Å². The molecule has 11 aromatic rings. The van der Waals surface area contributed by atoms with Crippen LogP contribution in [0.3, 0.4) is 0 Å². The van der Waals surface area contributed by atoms with Crippen LogP contribution in [0.1, 0.15) is 0 Å². The summed E-state index contributed by atoms with van der Waals surface area (Å²) in [6, 6.07) is 62.6. The molecular weight excluding hydrogens is 655 g/mol. The average Bonchev–Trinajstić information content (AvgIpc) is 3.89. The smallest absolute Gasteiger partial charge is 0.137 e. The molecule has 244 valence electrons. The van der Waals surface area contributed by atoms with Gasteiger partial charge in [0.25, 0.3) is 0 Å². The van der Waals surface area contributed by atoms with E-state index in [1.54, 1.807) is 0 Å². The van der Waals surface area contributed by atoms with Gasteiger partial charge in [-0.15, -0.1) is 11.3 Å². The van der Waals surface area contributed by atoms with Gasteiger partial charge in [0.05, 0.1) is 0 Å². The second-order valence-electron chi connectivity index (χ2n) is 13.3. The Bertz CT molecular complexity index is 3150. The molecule has 0 spiro atoms. The van der Waals surface area contributed by atoms with Crippen molar-refractivity contribution >= 4 is 92.4 Å². The SMILES string of the molecule is c1cc(-c2ccc3oc4ccccc4c3c2)cc(N(c2ccc(-c3cccc4sc5ccccc5c34)cc2)c2ccc3c(c2)oc2ccccc23)c1. The molecule has 0 saturated carbocycles. The maximum Gasteiger partial charge on any atom is 0.137 e. The van der Waals surface area contributed by atoms with Crippen molar-refractivity contribution in [1.29, 1.82) is 0 Å². The maximum atomic E-state index is 6.39. The van der Waals surface area contributed by atoms with Crippen molar-refractivity contribution in [3.63, 3.8) is 0 Å². The third-order valence-electron chi connectivity index (χ3n) is 10.3. The van der Waals surface area contributed by atoms with Crippen molar-refractivity contribution in [3.8, 4) is 22.3 Å². The molecule has 0 bridgehead atoms. The van der Waals surface area contributed by atoms with E-state index in [1.165, 1.54) is 31.3 Å². The maximum absolute atomic E-state index is 6.39. The normalized spacial score (nSPS) is 11.8.